The molecule has 0 unspecified atom stereocenters. The molecule has 0 aromatic carbocycles. The van der Waals surface area contributed by atoms with Crippen molar-refractivity contribution < 1.29 is 55.2 Å². The molecule has 0 rings (SSSR count). The first-order valence-corrected chi connectivity index (χ1v) is 0. The molecule has 0 heterocycles. The average molecular weight is 273 g/mol. The Bertz CT molecular complexity index is 10.1. The summed E-state index contributed by atoms with van der Waals surface area (Å²) in [5.41, 5.74) is 0. The predicted octanol–water partition coefficient (Wildman–Crippen LogP) is -8.63. The molecule has 0 bridgehead atoms. The van der Waals surface area contributed by atoms with Crippen molar-refractivity contribution in [1.29, 1.82) is 0 Å². The fraction of sp³-hybridized carbons (Fsp3) is 0. The first-order chi connectivity index (χ1) is 0. The van der Waals surface area contributed by atoms with Gasteiger partial charge in [0, 0.05) is 4.28 Å². The molecule has 0 spiro atoms. The third-order valence-corrected chi connectivity index (χ3v) is 0. The van der Waals surface area contributed by atoms with Crippen LogP contribution in [-0.2, 0) is 0 Å². The summed E-state index contributed by atoms with van der Waals surface area (Å²) in [6.07, 6.45) is 0. The maximum Gasteiger partial charge on any atom is 3.00 e. The van der Waals surface area contributed by atoms with Crippen LogP contribution < -0.4 is 50.9 Å². The second kappa shape index (κ2) is 20.2. The zero-order valence-corrected chi connectivity index (χ0v) is 7.62. The summed E-state index contributed by atoms with van der Waals surface area (Å²) >= 11 is 0. The monoisotopic (exact) mass is 270 g/mol. The van der Waals surface area contributed by atoms with Crippen molar-refractivity contribution in [2.24, 2.45) is 0 Å². The van der Waals surface area contributed by atoms with Crippen LogP contribution in [0.5, 0.6) is 0 Å². The van der Waals surface area contributed by atoms with Gasteiger partial charge in [0.05, 0.1) is 0 Å². The van der Waals surface area contributed by atoms with Gasteiger partial charge in [0.2, 0.25) is 0 Å². The topological polar surface area (TPSA) is 0 Å². The minimum Gasteiger partial charge on any atom is -1.00 e. The van der Waals surface area contributed by atoms with Gasteiger partial charge in [0.25, 0.3) is 0 Å². The molecule has 4 heteroatoms. The van der Waals surface area contributed by atoms with E-state index in [1.54, 1.807) is 0 Å². The van der Waals surface area contributed by atoms with Gasteiger partial charge in [-0.3, -0.25) is 0 Å². The van der Waals surface area contributed by atoms with E-state index in [-0.39, 0.29) is 72.6 Å². The van der Waals surface area contributed by atoms with Gasteiger partial charge in [-0.05, 0) is 0 Å². The molecule has 0 fully saturated rings. The summed E-state index contributed by atoms with van der Waals surface area (Å²) in [5.74, 6) is 0. The van der Waals surface area contributed by atoms with Crippen LogP contribution in [0.4, 0.5) is 0 Å². The van der Waals surface area contributed by atoms with Crippen molar-refractivity contribution in [3.05, 3.63) is 0 Å². The number of halogens is 3. The summed E-state index contributed by atoms with van der Waals surface area (Å²) in [4.78, 5) is 0. The summed E-state index contributed by atoms with van der Waals surface area (Å²) in [6.45, 7) is 0. The Labute approximate surface area is 72.2 Å². The standard InChI is InChI=1S/Al.3BrH.3H2/h;6*1H/q+3;;;;;;/p-3. The van der Waals surface area contributed by atoms with E-state index in [1.165, 1.54) is 0 Å². The summed E-state index contributed by atoms with van der Waals surface area (Å²) in [6, 6.07) is 0. The zero-order chi connectivity index (χ0) is 0. The van der Waals surface area contributed by atoms with Crippen LogP contribution in [0, 0.1) is 0 Å². The predicted molar refractivity (Wildman–Crippen MR) is 12.1 cm³/mol. The van der Waals surface area contributed by atoms with E-state index in [9.17, 15) is 0 Å². The number of rotatable bonds is 0. The van der Waals surface area contributed by atoms with E-state index >= 15 is 0 Å². The Hall–Kier alpha value is 1.97. The SMILES string of the molecule is [Al+3].[Br-].[Br-].[Br-].[HH].[HH].[HH]. The van der Waals surface area contributed by atoms with Crippen molar-refractivity contribution in [3.8, 4) is 0 Å². The van der Waals surface area contributed by atoms with Gasteiger partial charge in [-0.2, -0.15) is 0 Å². The van der Waals surface area contributed by atoms with Crippen LogP contribution in [0.15, 0.2) is 0 Å². The minimum absolute atomic E-state index is 0. The fourth-order valence-corrected chi connectivity index (χ4v) is 0. The molecule has 0 amide bonds. The van der Waals surface area contributed by atoms with E-state index < -0.39 is 0 Å². The van der Waals surface area contributed by atoms with Gasteiger partial charge in [-0.25, -0.2) is 0 Å². The number of hydrogen-bond acceptors (Lipinski definition) is 0. The van der Waals surface area contributed by atoms with E-state index in [2.05, 4.69) is 0 Å². The third-order valence-electron chi connectivity index (χ3n) is 0. The van der Waals surface area contributed by atoms with Crippen molar-refractivity contribution >= 4 is 17.4 Å². The normalized spacial score (nSPS) is 0. The Kier molecular flexibility index (Phi) is 191. The molecule has 0 aliphatic heterocycles. The fourth-order valence-electron chi connectivity index (χ4n) is 0. The van der Waals surface area contributed by atoms with Crippen molar-refractivity contribution in [1.82, 2.24) is 0 Å². The molecule has 0 aromatic heterocycles. The Morgan fingerprint density at radius 3 is 0.750 bits per heavy atom. The molecular weight excluding hydrogens is 267 g/mol. The quantitative estimate of drug-likeness (QED) is 0.384. The van der Waals surface area contributed by atoms with Crippen LogP contribution in [0.3, 0.4) is 0 Å². The Morgan fingerprint density at radius 1 is 0.750 bits per heavy atom. The second-order valence-electron chi connectivity index (χ2n) is 0. The molecule has 0 nitrogen and oxygen atoms in total. The van der Waals surface area contributed by atoms with Crippen LogP contribution in [0.25, 0.3) is 0 Å². The van der Waals surface area contributed by atoms with Gasteiger partial charge in [0.1, 0.15) is 0 Å². The van der Waals surface area contributed by atoms with E-state index in [1.807, 2.05) is 0 Å². The van der Waals surface area contributed by atoms with E-state index in [0.717, 1.165) is 0 Å². The molecule has 0 aliphatic rings. The first kappa shape index (κ1) is 38.0. The Balaban J connectivity index is 0. The first-order valence-electron chi connectivity index (χ1n) is 0. The van der Waals surface area contributed by atoms with Crippen molar-refractivity contribution in [2.45, 2.75) is 0 Å². The molecule has 0 N–H and O–H groups in total. The summed E-state index contributed by atoms with van der Waals surface area (Å²) in [7, 11) is 0. The second-order valence-corrected chi connectivity index (χ2v) is 0. The van der Waals surface area contributed by atoms with Crippen molar-refractivity contribution in [2.75, 3.05) is 0 Å². The summed E-state index contributed by atoms with van der Waals surface area (Å²) in [5, 5.41) is 0. The van der Waals surface area contributed by atoms with Gasteiger partial charge < -0.3 is 50.9 Å². The van der Waals surface area contributed by atoms with E-state index in [4.69, 9.17) is 0 Å². The molecular formula is H6AlBr3. The van der Waals surface area contributed by atoms with Crippen LogP contribution in [0.2, 0.25) is 0 Å². The van der Waals surface area contributed by atoms with Crippen LogP contribution >= 0.6 is 0 Å². The maximum absolute atomic E-state index is 0. The molecule has 0 aromatic rings. The molecule has 0 aliphatic carbocycles. The van der Waals surface area contributed by atoms with Gasteiger partial charge in [-0.1, -0.05) is 0 Å². The molecule has 0 radical (unpaired) electrons. The third kappa shape index (κ3) is 9.02. The van der Waals surface area contributed by atoms with Gasteiger partial charge in [0.15, 0.2) is 0 Å². The molecule has 30 valence electrons. The molecule has 4 heavy (non-hydrogen) atoms. The van der Waals surface area contributed by atoms with Crippen LogP contribution in [0.1, 0.15) is 4.28 Å². The summed E-state index contributed by atoms with van der Waals surface area (Å²) < 4.78 is 0. The zero-order valence-electron chi connectivity index (χ0n) is 1.71. The van der Waals surface area contributed by atoms with E-state index in [0.29, 0.717) is 0 Å². The van der Waals surface area contributed by atoms with Crippen LogP contribution in [-0.4, -0.2) is 17.4 Å². The smallest absolute Gasteiger partial charge is 1.00 e. The van der Waals surface area contributed by atoms with Gasteiger partial charge in [-0.15, -0.1) is 0 Å². The molecule has 0 atom stereocenters. The molecule has 0 saturated heterocycles. The minimum atomic E-state index is 0. The average Bonchev–Trinajstić information content (AvgIpc) is 0. The molecule has 0 saturated carbocycles. The Morgan fingerprint density at radius 2 is 0.750 bits per heavy atom. The number of hydrogen-bond donors (Lipinski definition) is 0. The van der Waals surface area contributed by atoms with Crippen molar-refractivity contribution in [3.63, 3.8) is 0 Å². The van der Waals surface area contributed by atoms with Gasteiger partial charge >= 0.3 is 17.4 Å². The maximum atomic E-state index is 0. The largest absolute Gasteiger partial charge is 3.00 e.